The molecule has 138 valence electrons. The van der Waals surface area contributed by atoms with Gasteiger partial charge in [-0.15, -0.1) is 23.5 Å². The smallest absolute Gasteiger partial charge is 0.0787 e. The van der Waals surface area contributed by atoms with Gasteiger partial charge in [0.05, 0.1) is 32.9 Å². The van der Waals surface area contributed by atoms with Gasteiger partial charge in [0.15, 0.2) is 0 Å². The van der Waals surface area contributed by atoms with Crippen LogP contribution in [-0.2, 0) is 24.3 Å². The van der Waals surface area contributed by atoms with Gasteiger partial charge in [0.2, 0.25) is 0 Å². The van der Waals surface area contributed by atoms with Crippen molar-refractivity contribution in [2.24, 2.45) is 9.98 Å². The van der Waals surface area contributed by atoms with E-state index in [2.05, 4.69) is 54.6 Å². The molecule has 0 saturated heterocycles. The number of hydrogen-bond acceptors (Lipinski definition) is 5. The Labute approximate surface area is 173 Å². The van der Waals surface area contributed by atoms with E-state index < -0.39 is 0 Å². The number of pyridine rings is 1. The van der Waals surface area contributed by atoms with E-state index in [-0.39, 0.29) is 0 Å². The quantitative estimate of drug-likeness (QED) is 0.528. The molecule has 0 saturated carbocycles. The number of benzene rings is 2. The number of aromatic nitrogens is 1. The molecule has 0 radical (unpaired) electrons. The number of rotatable bonds is 4. The Morgan fingerprint density at radius 3 is 1.61 bits per heavy atom. The summed E-state index contributed by atoms with van der Waals surface area (Å²) < 4.78 is 0. The molecule has 2 aromatic carbocycles. The molecule has 0 amide bonds. The highest BCUT2D eigenvalue weighted by atomic mass is 32.2. The molecule has 0 N–H and O–H groups in total. The Morgan fingerprint density at radius 1 is 0.607 bits per heavy atom. The van der Waals surface area contributed by atoms with Crippen molar-refractivity contribution in [3.05, 3.63) is 89.2 Å². The first-order valence-corrected chi connectivity index (χ1v) is 11.3. The minimum absolute atomic E-state index is 0.859. The lowest BCUT2D eigenvalue weighted by atomic mass is 10.2. The number of hydrogen-bond donors (Lipinski definition) is 0. The summed E-state index contributed by atoms with van der Waals surface area (Å²) in [6, 6.07) is 23.1. The van der Waals surface area contributed by atoms with Crippen LogP contribution in [0.1, 0.15) is 22.5 Å². The zero-order valence-corrected chi connectivity index (χ0v) is 17.0. The summed E-state index contributed by atoms with van der Waals surface area (Å²) in [6.45, 7) is 0. The molecule has 3 heterocycles. The highest BCUT2D eigenvalue weighted by molar-refractivity contribution is 8.13. The van der Waals surface area contributed by atoms with Gasteiger partial charge in [-0.2, -0.15) is 0 Å². The van der Waals surface area contributed by atoms with E-state index in [0.29, 0.717) is 0 Å². The normalized spacial score (nSPS) is 14.4. The maximum Gasteiger partial charge on any atom is 0.0787 e. The molecule has 28 heavy (non-hydrogen) atoms. The molecule has 5 rings (SSSR count). The minimum atomic E-state index is 0.859. The maximum atomic E-state index is 4.84. The van der Waals surface area contributed by atoms with E-state index in [9.17, 15) is 0 Å². The Balaban J connectivity index is 1.17. The Hall–Kier alpha value is -2.37. The molecule has 3 aromatic rings. The molecule has 3 nitrogen and oxygen atoms in total. The number of fused-ring (bicyclic) bond motifs is 2. The lowest BCUT2D eigenvalue weighted by Crippen LogP contribution is -1.98. The van der Waals surface area contributed by atoms with E-state index in [0.717, 1.165) is 47.1 Å². The van der Waals surface area contributed by atoms with Crippen LogP contribution < -0.4 is 0 Å². The van der Waals surface area contributed by atoms with Crippen molar-refractivity contribution >= 4 is 45.0 Å². The molecule has 0 spiro atoms. The largest absolute Gasteiger partial charge is 0.256 e. The standard InChI is InChI=1S/C23H19N3S2/c1-3-10-20-16(6-1)12-22(25-20)27-14-18-8-5-9-19(24-18)15-28-23-13-17-7-2-4-11-21(17)26-23/h1-11H,12-15H2. The summed E-state index contributed by atoms with van der Waals surface area (Å²) in [7, 11) is 0. The van der Waals surface area contributed by atoms with Crippen molar-refractivity contribution in [1.29, 1.82) is 0 Å². The molecule has 5 heteroatoms. The molecule has 0 aliphatic carbocycles. The van der Waals surface area contributed by atoms with E-state index in [1.54, 1.807) is 23.5 Å². The molecule has 0 unspecified atom stereocenters. The van der Waals surface area contributed by atoms with Gasteiger partial charge in [-0.3, -0.25) is 4.98 Å². The molecule has 2 aliphatic heterocycles. The molecule has 2 aliphatic rings. The van der Waals surface area contributed by atoms with Crippen LogP contribution in [0.15, 0.2) is 76.7 Å². The first kappa shape index (κ1) is 17.7. The maximum absolute atomic E-state index is 4.84. The minimum Gasteiger partial charge on any atom is -0.256 e. The van der Waals surface area contributed by atoms with Crippen molar-refractivity contribution < 1.29 is 0 Å². The summed E-state index contributed by atoms with van der Waals surface area (Å²) >= 11 is 3.59. The molecule has 0 fully saturated rings. The zero-order chi connectivity index (χ0) is 18.8. The van der Waals surface area contributed by atoms with Crippen molar-refractivity contribution in [1.82, 2.24) is 4.98 Å². The number of para-hydroxylation sites is 2. The third-order valence-corrected chi connectivity index (χ3v) is 6.81. The predicted octanol–water partition coefficient (Wildman–Crippen LogP) is 6.12. The van der Waals surface area contributed by atoms with Gasteiger partial charge in [-0.25, -0.2) is 9.98 Å². The van der Waals surface area contributed by atoms with Crippen LogP contribution in [0.3, 0.4) is 0 Å². The third kappa shape index (κ3) is 3.91. The fourth-order valence-electron chi connectivity index (χ4n) is 3.38. The molecule has 0 atom stereocenters. The van der Waals surface area contributed by atoms with Crippen LogP contribution >= 0.6 is 23.5 Å². The van der Waals surface area contributed by atoms with Crippen LogP contribution in [0.2, 0.25) is 0 Å². The summed E-state index contributed by atoms with van der Waals surface area (Å²) in [5.41, 5.74) is 7.09. The second-order valence-corrected chi connectivity index (χ2v) is 8.92. The van der Waals surface area contributed by atoms with Gasteiger partial charge in [-0.1, -0.05) is 42.5 Å². The molecular weight excluding hydrogens is 382 g/mol. The second-order valence-electron chi connectivity index (χ2n) is 6.82. The lowest BCUT2D eigenvalue weighted by molar-refractivity contribution is 1.09. The fourth-order valence-corrected chi connectivity index (χ4v) is 5.17. The SMILES string of the molecule is c1cc(CSC2=Nc3ccccc3C2)nc(CSC2=Nc3ccccc3C2)c1. The van der Waals surface area contributed by atoms with E-state index >= 15 is 0 Å². The van der Waals surface area contributed by atoms with Crippen molar-refractivity contribution in [2.75, 3.05) is 0 Å². The first-order valence-electron chi connectivity index (χ1n) is 9.35. The number of aliphatic imine (C=N–C) groups is 2. The Kier molecular flexibility index (Phi) is 5.02. The first-order chi connectivity index (χ1) is 13.8. The van der Waals surface area contributed by atoms with Crippen molar-refractivity contribution in [3.63, 3.8) is 0 Å². The number of nitrogens with zero attached hydrogens (tertiary/aromatic N) is 3. The van der Waals surface area contributed by atoms with E-state index in [1.165, 1.54) is 21.2 Å². The van der Waals surface area contributed by atoms with Gasteiger partial charge in [0, 0.05) is 24.3 Å². The van der Waals surface area contributed by atoms with Gasteiger partial charge in [0.25, 0.3) is 0 Å². The molecule has 1 aromatic heterocycles. The lowest BCUT2D eigenvalue weighted by Gasteiger charge is -2.05. The third-order valence-electron chi connectivity index (χ3n) is 4.79. The summed E-state index contributed by atoms with van der Waals surface area (Å²) in [5.74, 6) is 1.72. The van der Waals surface area contributed by atoms with Crippen LogP contribution in [0.5, 0.6) is 0 Å². The van der Waals surface area contributed by atoms with E-state index in [4.69, 9.17) is 15.0 Å². The molecular formula is C23H19N3S2. The van der Waals surface area contributed by atoms with Crippen LogP contribution in [-0.4, -0.2) is 15.1 Å². The van der Waals surface area contributed by atoms with Crippen LogP contribution in [0.25, 0.3) is 0 Å². The predicted molar refractivity (Wildman–Crippen MR) is 121 cm³/mol. The molecule has 0 bridgehead atoms. The Bertz CT molecular complexity index is 1010. The van der Waals surface area contributed by atoms with Gasteiger partial charge in [0.1, 0.15) is 0 Å². The summed E-state index contributed by atoms with van der Waals surface area (Å²) in [4.78, 5) is 14.3. The van der Waals surface area contributed by atoms with Crippen molar-refractivity contribution in [3.8, 4) is 0 Å². The monoisotopic (exact) mass is 401 g/mol. The zero-order valence-electron chi connectivity index (χ0n) is 15.3. The fraction of sp³-hybridized carbons (Fsp3) is 0.174. The highest BCUT2D eigenvalue weighted by Gasteiger charge is 2.16. The van der Waals surface area contributed by atoms with Gasteiger partial charge < -0.3 is 0 Å². The summed E-state index contributed by atoms with van der Waals surface area (Å²) in [6.07, 6.45) is 1.88. The Morgan fingerprint density at radius 2 is 1.11 bits per heavy atom. The average molecular weight is 402 g/mol. The van der Waals surface area contributed by atoms with E-state index in [1.807, 2.05) is 12.1 Å². The number of thioether (sulfide) groups is 2. The van der Waals surface area contributed by atoms with Crippen LogP contribution in [0, 0.1) is 0 Å². The van der Waals surface area contributed by atoms with Gasteiger partial charge in [-0.05, 0) is 35.4 Å². The second kappa shape index (κ2) is 7.94. The average Bonchev–Trinajstić information content (AvgIpc) is 3.34. The van der Waals surface area contributed by atoms with Crippen molar-refractivity contribution in [2.45, 2.75) is 24.3 Å². The summed E-state index contributed by atoms with van der Waals surface area (Å²) in [5, 5.41) is 2.36. The van der Waals surface area contributed by atoms with Gasteiger partial charge >= 0.3 is 0 Å². The van der Waals surface area contributed by atoms with Crippen LogP contribution in [0.4, 0.5) is 11.4 Å². The topological polar surface area (TPSA) is 37.6 Å². The highest BCUT2D eigenvalue weighted by Crippen LogP contribution is 2.32.